The van der Waals surface area contributed by atoms with Gasteiger partial charge in [-0.2, -0.15) is 0 Å². The van der Waals surface area contributed by atoms with E-state index >= 15 is 0 Å². The predicted octanol–water partition coefficient (Wildman–Crippen LogP) is 14.9. The Morgan fingerprint density at radius 3 is 1.05 bits per heavy atom. The number of hydrogen-bond donors (Lipinski definition) is 0. The molecule has 0 saturated heterocycles. The van der Waals surface area contributed by atoms with E-state index in [-0.39, 0.29) is 0 Å². The molecule has 0 amide bonds. The molecule has 310 valence electrons. The lowest BCUT2D eigenvalue weighted by Crippen LogP contribution is -1.93. The van der Waals surface area contributed by atoms with Gasteiger partial charge in [-0.3, -0.25) is 24.9 Å². The zero-order chi connectivity index (χ0) is 43.5. The molecule has 0 radical (unpaired) electrons. The Balaban J connectivity index is -0.000000179. The zero-order valence-corrected chi connectivity index (χ0v) is 38.9. The Morgan fingerprint density at radius 2 is 0.782 bits per heavy atom. The van der Waals surface area contributed by atoms with Crippen LogP contribution in [0.4, 0.5) is 0 Å². The van der Waals surface area contributed by atoms with Crippen molar-refractivity contribution in [2.45, 2.75) is 168 Å². The van der Waals surface area contributed by atoms with Gasteiger partial charge in [-0.05, 0) is 71.2 Å². The minimum atomic E-state index is 0.436. The fourth-order valence-corrected chi connectivity index (χ4v) is 3.40. The second kappa shape index (κ2) is 45.8. The van der Waals surface area contributed by atoms with Crippen molar-refractivity contribution in [1.82, 2.24) is 34.9 Å². The fourth-order valence-electron chi connectivity index (χ4n) is 3.40. The van der Waals surface area contributed by atoms with Gasteiger partial charge in [0.15, 0.2) is 0 Å². The largest absolute Gasteiger partial charge is 0.265 e. The summed E-state index contributed by atoms with van der Waals surface area (Å²) in [6, 6.07) is 16.0. The molecule has 0 aliphatic heterocycles. The maximum Gasteiger partial charge on any atom is 0.130 e. The van der Waals surface area contributed by atoms with E-state index in [0.29, 0.717) is 29.6 Å². The van der Waals surface area contributed by atoms with Crippen LogP contribution in [-0.2, 0) is 0 Å². The highest BCUT2D eigenvalue weighted by molar-refractivity contribution is 5.13. The highest BCUT2D eigenvalue weighted by Gasteiger charge is 1.98. The molecule has 0 atom stereocenters. The van der Waals surface area contributed by atoms with Gasteiger partial charge < -0.3 is 0 Å². The molecule has 0 aliphatic rings. The molecule has 0 N–H and O–H groups in total. The molecule has 55 heavy (non-hydrogen) atoms. The number of rotatable bonds is 5. The number of pyridine rings is 3. The maximum absolute atomic E-state index is 4.18. The van der Waals surface area contributed by atoms with Crippen molar-refractivity contribution in [3.63, 3.8) is 0 Å². The first kappa shape index (κ1) is 59.9. The molecule has 7 nitrogen and oxygen atoms in total. The minimum absolute atomic E-state index is 0.436. The van der Waals surface area contributed by atoms with Gasteiger partial charge in [0.05, 0.1) is 5.69 Å². The van der Waals surface area contributed by atoms with E-state index < -0.39 is 0 Å². The van der Waals surface area contributed by atoms with Crippen LogP contribution in [0.5, 0.6) is 0 Å². The van der Waals surface area contributed by atoms with Crippen molar-refractivity contribution in [2.24, 2.45) is 0 Å². The molecule has 5 heterocycles. The van der Waals surface area contributed by atoms with E-state index in [9.17, 15) is 0 Å². The third kappa shape index (κ3) is 36.4. The summed E-state index contributed by atoms with van der Waals surface area (Å²) in [5, 5.41) is 0. The lowest BCUT2D eigenvalue weighted by molar-refractivity contribution is 0.774. The van der Waals surface area contributed by atoms with Crippen molar-refractivity contribution in [2.75, 3.05) is 0 Å². The van der Waals surface area contributed by atoms with Crippen LogP contribution in [0.15, 0.2) is 110 Å². The standard InChI is InChI=1S/3C8H11N.2C7H10N2.5C2H6/c1-7(2)8-3-5-9-6-4-8;1-7(2)8-4-3-5-9-6-8;1-7(2)8-5-3-4-6-9-8;1-6(2)7-5-8-3-4-9-7;1-6(2)7-8-4-3-5-9-7;5*1-2/h3*3-7H,1-2H3;2*3-6H,1-2H3;5*1-2H3. The molecule has 0 bridgehead atoms. The highest BCUT2D eigenvalue weighted by atomic mass is 14.9. The fraction of sp³-hybridized carbons (Fsp3) is 0.521. The van der Waals surface area contributed by atoms with Crippen LogP contribution < -0.4 is 0 Å². The van der Waals surface area contributed by atoms with E-state index in [2.05, 4.69) is 110 Å². The normalized spacial score (nSPS) is 8.82. The van der Waals surface area contributed by atoms with Crippen LogP contribution in [-0.4, -0.2) is 34.9 Å². The quantitative estimate of drug-likeness (QED) is 0.176. The van der Waals surface area contributed by atoms with Crippen molar-refractivity contribution in [3.8, 4) is 0 Å². The number of aromatic nitrogens is 7. The van der Waals surface area contributed by atoms with Crippen molar-refractivity contribution < 1.29 is 0 Å². The van der Waals surface area contributed by atoms with Gasteiger partial charge in [-0.25, -0.2) is 9.97 Å². The van der Waals surface area contributed by atoms with Crippen LogP contribution in [0.25, 0.3) is 0 Å². The molecule has 0 spiro atoms. The summed E-state index contributed by atoms with van der Waals surface area (Å²) >= 11 is 0. The summed E-state index contributed by atoms with van der Waals surface area (Å²) in [6.07, 6.45) is 17.9. The summed E-state index contributed by atoms with van der Waals surface area (Å²) in [6.45, 7) is 41.3. The molecule has 0 aromatic carbocycles. The smallest absolute Gasteiger partial charge is 0.130 e. The Labute approximate surface area is 340 Å². The second-order valence-electron chi connectivity index (χ2n) is 11.8. The van der Waals surface area contributed by atoms with Crippen LogP contribution in [0.3, 0.4) is 0 Å². The van der Waals surface area contributed by atoms with Crippen LogP contribution in [0.2, 0.25) is 0 Å². The third-order valence-electron chi connectivity index (χ3n) is 6.28. The molecule has 7 heteroatoms. The molecule has 5 aromatic heterocycles. The topological polar surface area (TPSA) is 90.2 Å². The summed E-state index contributed by atoms with van der Waals surface area (Å²) in [5.41, 5.74) is 4.87. The first-order chi connectivity index (χ1) is 26.5. The average Bonchev–Trinajstić information content (AvgIpc) is 3.27. The van der Waals surface area contributed by atoms with Crippen LogP contribution in [0, 0.1) is 0 Å². The first-order valence-corrected chi connectivity index (χ1v) is 20.8. The average molecular weight is 758 g/mol. The lowest BCUT2D eigenvalue weighted by atomic mass is 10.1. The molecule has 0 aliphatic carbocycles. The van der Waals surface area contributed by atoms with Gasteiger partial charge in [0.25, 0.3) is 0 Å². The van der Waals surface area contributed by atoms with Crippen molar-refractivity contribution >= 4 is 0 Å². The molecular weight excluding hydrogens is 675 g/mol. The molecular formula is C48H83N7. The van der Waals surface area contributed by atoms with Gasteiger partial charge in [0.1, 0.15) is 5.82 Å². The number of hydrogen-bond acceptors (Lipinski definition) is 7. The Morgan fingerprint density at radius 1 is 0.309 bits per heavy atom. The molecule has 0 fully saturated rings. The van der Waals surface area contributed by atoms with Gasteiger partial charge in [0.2, 0.25) is 0 Å². The van der Waals surface area contributed by atoms with Crippen molar-refractivity contribution in [1.29, 1.82) is 0 Å². The van der Waals surface area contributed by atoms with E-state index in [0.717, 1.165) is 17.2 Å². The van der Waals surface area contributed by atoms with Gasteiger partial charge in [-0.1, -0.05) is 151 Å². The maximum atomic E-state index is 4.18. The monoisotopic (exact) mass is 758 g/mol. The summed E-state index contributed by atoms with van der Waals surface area (Å²) < 4.78 is 0. The lowest BCUT2D eigenvalue weighted by Gasteiger charge is -2.01. The predicted molar refractivity (Wildman–Crippen MR) is 244 cm³/mol. The van der Waals surface area contributed by atoms with Crippen molar-refractivity contribution in [3.05, 3.63) is 139 Å². The summed E-state index contributed by atoms with van der Waals surface area (Å²) in [5.74, 6) is 3.60. The van der Waals surface area contributed by atoms with E-state index in [4.69, 9.17) is 0 Å². The Kier molecular flexibility index (Phi) is 49.8. The highest BCUT2D eigenvalue weighted by Crippen LogP contribution is 2.12. The second-order valence-corrected chi connectivity index (χ2v) is 11.8. The molecule has 0 unspecified atom stereocenters. The van der Waals surface area contributed by atoms with Crippen LogP contribution >= 0.6 is 0 Å². The zero-order valence-electron chi connectivity index (χ0n) is 38.9. The van der Waals surface area contributed by atoms with E-state index in [1.807, 2.05) is 136 Å². The first-order valence-electron chi connectivity index (χ1n) is 20.8. The number of nitrogens with zero attached hydrogens (tertiary/aromatic N) is 7. The van der Waals surface area contributed by atoms with Gasteiger partial charge in [0, 0.05) is 73.6 Å². The molecule has 5 aromatic rings. The minimum Gasteiger partial charge on any atom is -0.265 e. The SMILES string of the molecule is CC.CC.CC.CC.CC.CC(C)c1ccccn1.CC(C)c1cccnc1.CC(C)c1ccncc1.CC(C)c1cnccn1.CC(C)c1ncccn1. The Hall–Kier alpha value is -4.39. The molecule has 0 saturated carbocycles. The summed E-state index contributed by atoms with van der Waals surface area (Å²) in [7, 11) is 0. The Bertz CT molecular complexity index is 1100. The van der Waals surface area contributed by atoms with E-state index in [1.165, 1.54) is 11.1 Å². The van der Waals surface area contributed by atoms with E-state index in [1.54, 1.807) is 37.2 Å². The van der Waals surface area contributed by atoms with Gasteiger partial charge >= 0.3 is 0 Å². The third-order valence-corrected chi connectivity index (χ3v) is 6.28. The van der Waals surface area contributed by atoms with Gasteiger partial charge in [-0.15, -0.1) is 0 Å². The summed E-state index contributed by atoms with van der Waals surface area (Å²) in [4.78, 5) is 28.3. The van der Waals surface area contributed by atoms with Crippen LogP contribution in [0.1, 0.15) is 196 Å². The molecule has 5 rings (SSSR count).